The third-order valence-electron chi connectivity index (χ3n) is 3.55. The Balaban J connectivity index is 0.000000956. The van der Waals surface area contributed by atoms with Crippen molar-refractivity contribution in [2.24, 2.45) is 5.92 Å². The number of fused-ring (bicyclic) bond motifs is 1. The van der Waals surface area contributed by atoms with E-state index in [1.54, 1.807) is 0 Å². The summed E-state index contributed by atoms with van der Waals surface area (Å²) in [5.41, 5.74) is 3.47. The minimum absolute atomic E-state index is 0.209. The number of amides is 1. The summed E-state index contributed by atoms with van der Waals surface area (Å²) in [5.74, 6) is 1.27. The number of carbonyl (C=O) groups is 1. The largest absolute Gasteiger partial charge is 0.338 e. The Morgan fingerprint density at radius 1 is 1.15 bits per heavy atom. The molecule has 1 aliphatic heterocycles. The number of hydrogen-bond donors (Lipinski definition) is 0. The van der Waals surface area contributed by atoms with Crippen LogP contribution in [-0.4, -0.2) is 23.9 Å². The molecule has 1 heterocycles. The Labute approximate surface area is 124 Å². The summed E-state index contributed by atoms with van der Waals surface area (Å²) in [6.07, 6.45) is 0.994. The molecule has 0 N–H and O–H groups in total. The Hall–Kier alpha value is -1.31. The molecule has 112 valence electrons. The van der Waals surface area contributed by atoms with E-state index in [-0.39, 0.29) is 5.91 Å². The zero-order chi connectivity index (χ0) is 15.3. The summed E-state index contributed by atoms with van der Waals surface area (Å²) in [7, 11) is 0. The second kappa shape index (κ2) is 7.47. The van der Waals surface area contributed by atoms with Gasteiger partial charge in [0.25, 0.3) is 5.91 Å². The monoisotopic (exact) mass is 275 g/mol. The van der Waals surface area contributed by atoms with E-state index in [1.165, 1.54) is 11.1 Å². The average molecular weight is 275 g/mol. The van der Waals surface area contributed by atoms with Gasteiger partial charge in [0.1, 0.15) is 0 Å². The lowest BCUT2D eigenvalue weighted by atomic mass is 9.92. The van der Waals surface area contributed by atoms with Gasteiger partial charge in [-0.25, -0.2) is 0 Å². The van der Waals surface area contributed by atoms with Crippen LogP contribution in [0.15, 0.2) is 18.2 Å². The molecule has 0 spiro atoms. The highest BCUT2D eigenvalue weighted by atomic mass is 16.2. The summed E-state index contributed by atoms with van der Waals surface area (Å²) in [6.45, 7) is 14.4. The Morgan fingerprint density at radius 2 is 1.80 bits per heavy atom. The van der Waals surface area contributed by atoms with Gasteiger partial charge in [-0.05, 0) is 35.4 Å². The van der Waals surface area contributed by atoms with Crippen LogP contribution in [0.25, 0.3) is 0 Å². The Bertz CT molecular complexity index is 449. The van der Waals surface area contributed by atoms with Crippen LogP contribution < -0.4 is 0 Å². The summed E-state index contributed by atoms with van der Waals surface area (Å²) >= 11 is 0. The molecule has 0 bridgehead atoms. The van der Waals surface area contributed by atoms with Crippen LogP contribution in [0.2, 0.25) is 0 Å². The lowest BCUT2D eigenvalue weighted by molar-refractivity contribution is 0.0720. The molecular weight excluding hydrogens is 246 g/mol. The minimum Gasteiger partial charge on any atom is -0.338 e. The summed E-state index contributed by atoms with van der Waals surface area (Å²) in [5, 5.41) is 0. The molecule has 1 aromatic rings. The van der Waals surface area contributed by atoms with Crippen LogP contribution in [0.4, 0.5) is 0 Å². The van der Waals surface area contributed by atoms with Crippen LogP contribution in [-0.2, 0) is 6.42 Å². The highest BCUT2D eigenvalue weighted by Crippen LogP contribution is 2.24. The topological polar surface area (TPSA) is 20.3 Å². The molecule has 2 nitrogen and oxygen atoms in total. The predicted molar refractivity (Wildman–Crippen MR) is 86.3 cm³/mol. The Kier molecular flexibility index (Phi) is 6.25. The lowest BCUT2D eigenvalue weighted by Gasteiger charge is -2.30. The van der Waals surface area contributed by atoms with Gasteiger partial charge in [-0.1, -0.05) is 53.7 Å². The predicted octanol–water partition coefficient (Wildman–Crippen LogP) is 4.49. The lowest BCUT2D eigenvalue weighted by Crippen LogP contribution is -2.39. The third kappa shape index (κ3) is 3.84. The van der Waals surface area contributed by atoms with Crippen molar-refractivity contribution in [3.63, 3.8) is 0 Å². The van der Waals surface area contributed by atoms with E-state index in [0.29, 0.717) is 11.8 Å². The van der Waals surface area contributed by atoms with Crippen LogP contribution in [0.5, 0.6) is 0 Å². The van der Waals surface area contributed by atoms with Gasteiger partial charge < -0.3 is 4.90 Å². The maximum atomic E-state index is 12.4. The van der Waals surface area contributed by atoms with Crippen molar-refractivity contribution >= 4 is 5.91 Å². The number of benzene rings is 1. The second-order valence-electron chi connectivity index (χ2n) is 5.97. The quantitative estimate of drug-likeness (QED) is 0.796. The van der Waals surface area contributed by atoms with E-state index in [9.17, 15) is 4.79 Å². The molecule has 1 aliphatic rings. The van der Waals surface area contributed by atoms with E-state index in [2.05, 4.69) is 39.8 Å². The fraction of sp³-hybridized carbons (Fsp3) is 0.611. The van der Waals surface area contributed by atoms with Crippen molar-refractivity contribution in [3.05, 3.63) is 34.9 Å². The summed E-state index contributed by atoms with van der Waals surface area (Å²) < 4.78 is 0. The molecule has 0 radical (unpaired) electrons. The van der Waals surface area contributed by atoms with Crippen molar-refractivity contribution in [2.75, 3.05) is 13.1 Å². The second-order valence-corrected chi connectivity index (χ2v) is 5.97. The Morgan fingerprint density at radius 3 is 2.35 bits per heavy atom. The van der Waals surface area contributed by atoms with E-state index in [0.717, 1.165) is 25.1 Å². The van der Waals surface area contributed by atoms with Gasteiger partial charge in [0.2, 0.25) is 0 Å². The van der Waals surface area contributed by atoms with Crippen molar-refractivity contribution in [2.45, 2.75) is 53.9 Å². The molecule has 0 saturated carbocycles. The summed E-state index contributed by atoms with van der Waals surface area (Å²) in [4.78, 5) is 14.3. The fourth-order valence-electron chi connectivity index (χ4n) is 2.53. The van der Waals surface area contributed by atoms with Gasteiger partial charge in [-0.3, -0.25) is 4.79 Å². The smallest absolute Gasteiger partial charge is 0.254 e. The fourth-order valence-corrected chi connectivity index (χ4v) is 2.53. The molecule has 0 aliphatic carbocycles. The highest BCUT2D eigenvalue weighted by Gasteiger charge is 2.24. The minimum atomic E-state index is 0.209. The van der Waals surface area contributed by atoms with E-state index < -0.39 is 0 Å². The van der Waals surface area contributed by atoms with Crippen molar-refractivity contribution in [1.29, 1.82) is 0 Å². The first-order chi connectivity index (χ1) is 9.49. The maximum absolute atomic E-state index is 12.4. The molecule has 1 amide bonds. The molecule has 0 saturated heterocycles. The van der Waals surface area contributed by atoms with Gasteiger partial charge >= 0.3 is 0 Å². The maximum Gasteiger partial charge on any atom is 0.254 e. The first-order valence-corrected chi connectivity index (χ1v) is 7.91. The number of hydrogen-bond acceptors (Lipinski definition) is 1. The van der Waals surface area contributed by atoms with Crippen LogP contribution in [0.1, 0.15) is 68.9 Å². The molecule has 1 aromatic carbocycles. The van der Waals surface area contributed by atoms with Gasteiger partial charge in [0.05, 0.1) is 0 Å². The van der Waals surface area contributed by atoms with E-state index >= 15 is 0 Å². The number of nitrogens with zero attached hydrogens (tertiary/aromatic N) is 1. The highest BCUT2D eigenvalue weighted by molar-refractivity contribution is 5.96. The van der Waals surface area contributed by atoms with Crippen molar-refractivity contribution < 1.29 is 4.79 Å². The average Bonchev–Trinajstić information content (AvgIpc) is 2.43. The van der Waals surface area contributed by atoms with Crippen LogP contribution >= 0.6 is 0 Å². The first-order valence-electron chi connectivity index (χ1n) is 7.91. The van der Waals surface area contributed by atoms with Gasteiger partial charge in [0.15, 0.2) is 0 Å². The third-order valence-corrected chi connectivity index (χ3v) is 3.55. The number of rotatable bonds is 3. The molecule has 0 fully saturated rings. The van der Waals surface area contributed by atoms with E-state index in [4.69, 9.17) is 0 Å². The van der Waals surface area contributed by atoms with E-state index in [1.807, 2.05) is 24.8 Å². The van der Waals surface area contributed by atoms with Gasteiger partial charge in [-0.15, -0.1) is 0 Å². The van der Waals surface area contributed by atoms with Gasteiger partial charge in [0, 0.05) is 18.7 Å². The normalized spacial score (nSPS) is 14.2. The zero-order valence-corrected chi connectivity index (χ0v) is 13.9. The molecular formula is C18H29NO. The van der Waals surface area contributed by atoms with Crippen molar-refractivity contribution in [3.8, 4) is 0 Å². The molecule has 2 heteroatoms. The van der Waals surface area contributed by atoms with Crippen molar-refractivity contribution in [1.82, 2.24) is 4.90 Å². The SMILES string of the molecule is CC.CC(C)CN1CCc2cc(C(C)C)ccc2C1=O. The van der Waals surface area contributed by atoms with Crippen LogP contribution in [0, 0.1) is 5.92 Å². The summed E-state index contributed by atoms with van der Waals surface area (Å²) in [6, 6.07) is 6.32. The molecule has 20 heavy (non-hydrogen) atoms. The van der Waals surface area contributed by atoms with Gasteiger partial charge in [-0.2, -0.15) is 0 Å². The standard InChI is InChI=1S/C16H23NO.C2H6/c1-11(2)10-17-8-7-14-9-13(12(3)4)5-6-15(14)16(17)18;1-2/h5-6,9,11-12H,7-8,10H2,1-4H3;1-2H3. The molecule has 2 rings (SSSR count). The molecule has 0 unspecified atom stereocenters. The van der Waals surface area contributed by atoms with Crippen LogP contribution in [0.3, 0.4) is 0 Å². The molecule has 0 atom stereocenters. The first kappa shape index (κ1) is 16.7. The number of carbonyl (C=O) groups excluding carboxylic acids is 1. The zero-order valence-electron chi connectivity index (χ0n) is 13.9. The molecule has 0 aromatic heterocycles.